The third kappa shape index (κ3) is 5.31. The Hall–Kier alpha value is -1.59. The number of halogens is 1. The number of amides is 2. The van der Waals surface area contributed by atoms with E-state index in [1.54, 1.807) is 0 Å². The molecule has 120 valence electrons. The number of carbonyl (C=O) groups is 2. The summed E-state index contributed by atoms with van der Waals surface area (Å²) in [6.45, 7) is 1.88. The van der Waals surface area contributed by atoms with Gasteiger partial charge in [-0.1, -0.05) is 29.8 Å². The summed E-state index contributed by atoms with van der Waals surface area (Å²) in [4.78, 5) is 24.9. The van der Waals surface area contributed by atoms with Crippen LogP contribution in [0.3, 0.4) is 0 Å². The number of nitrogens with one attached hydrogen (secondary N) is 1. The minimum absolute atomic E-state index is 0.0493. The number of hydrogen-bond donors (Lipinski definition) is 2. The van der Waals surface area contributed by atoms with Crippen molar-refractivity contribution in [3.05, 3.63) is 34.9 Å². The lowest BCUT2D eigenvalue weighted by molar-refractivity contribution is -0.123. The summed E-state index contributed by atoms with van der Waals surface area (Å²) >= 11 is 6.08. The highest BCUT2D eigenvalue weighted by Gasteiger charge is 2.21. The first-order valence-electron chi connectivity index (χ1n) is 7.58. The second-order valence-electron chi connectivity index (χ2n) is 5.68. The summed E-state index contributed by atoms with van der Waals surface area (Å²) in [6.07, 6.45) is 2.79. The Balaban J connectivity index is 1.70. The quantitative estimate of drug-likeness (QED) is 0.829. The van der Waals surface area contributed by atoms with Crippen molar-refractivity contribution in [3.8, 4) is 0 Å². The van der Waals surface area contributed by atoms with E-state index in [0.29, 0.717) is 24.4 Å². The zero-order chi connectivity index (χ0) is 15.9. The number of rotatable bonds is 6. The zero-order valence-electron chi connectivity index (χ0n) is 12.6. The summed E-state index contributed by atoms with van der Waals surface area (Å²) in [5.41, 5.74) is 6.18. The van der Waals surface area contributed by atoms with Crippen LogP contribution in [0.25, 0.3) is 0 Å². The van der Waals surface area contributed by atoms with Crippen LogP contribution < -0.4 is 11.1 Å². The molecule has 6 heteroatoms. The van der Waals surface area contributed by atoms with Gasteiger partial charge in [0.25, 0.3) is 0 Å². The van der Waals surface area contributed by atoms with Crippen molar-refractivity contribution in [1.29, 1.82) is 0 Å². The number of nitrogens with two attached hydrogens (primary N) is 1. The van der Waals surface area contributed by atoms with Gasteiger partial charge in [0.2, 0.25) is 11.8 Å². The van der Waals surface area contributed by atoms with E-state index in [-0.39, 0.29) is 17.9 Å². The zero-order valence-corrected chi connectivity index (χ0v) is 13.3. The predicted octanol–water partition coefficient (Wildman–Crippen LogP) is 1.34. The molecular formula is C16H22ClN3O2. The van der Waals surface area contributed by atoms with E-state index in [4.69, 9.17) is 17.3 Å². The number of primary amides is 1. The Morgan fingerprint density at radius 3 is 2.59 bits per heavy atom. The van der Waals surface area contributed by atoms with Crippen LogP contribution >= 0.6 is 11.6 Å². The lowest BCUT2D eigenvalue weighted by atomic mass is 10.0. The van der Waals surface area contributed by atoms with Gasteiger partial charge in [-0.2, -0.15) is 0 Å². The molecular weight excluding hydrogens is 302 g/mol. The van der Waals surface area contributed by atoms with E-state index in [2.05, 4.69) is 5.32 Å². The average molecular weight is 324 g/mol. The monoisotopic (exact) mass is 323 g/mol. The number of piperidine rings is 1. The van der Waals surface area contributed by atoms with Crippen LogP contribution in [-0.4, -0.2) is 42.4 Å². The van der Waals surface area contributed by atoms with Crippen molar-refractivity contribution < 1.29 is 9.59 Å². The highest BCUT2D eigenvalue weighted by molar-refractivity contribution is 6.31. The van der Waals surface area contributed by atoms with Crippen LogP contribution in [-0.2, 0) is 16.0 Å². The molecule has 0 atom stereocenters. The average Bonchev–Trinajstić information content (AvgIpc) is 2.48. The summed E-state index contributed by atoms with van der Waals surface area (Å²) in [5.74, 6) is -0.254. The Kier molecular flexibility index (Phi) is 6.21. The van der Waals surface area contributed by atoms with Gasteiger partial charge in [0.15, 0.2) is 0 Å². The number of hydrogen-bond acceptors (Lipinski definition) is 3. The number of aryl methyl sites for hydroxylation is 1. The molecule has 0 radical (unpaired) electrons. The Morgan fingerprint density at radius 2 is 1.95 bits per heavy atom. The van der Waals surface area contributed by atoms with Crippen LogP contribution in [0.1, 0.15) is 24.8 Å². The van der Waals surface area contributed by atoms with Crippen molar-refractivity contribution in [2.24, 2.45) is 5.73 Å². The molecule has 0 aromatic heterocycles. The van der Waals surface area contributed by atoms with Gasteiger partial charge in [0, 0.05) is 30.6 Å². The second-order valence-corrected chi connectivity index (χ2v) is 6.08. The first kappa shape index (κ1) is 16.8. The minimum Gasteiger partial charge on any atom is -0.369 e. The standard InChI is InChI=1S/C16H22ClN3O2/c17-14-4-2-1-3-12(14)5-6-16(22)19-13-7-9-20(10-8-13)11-15(18)21/h1-4,13H,5-11H2,(H2,18,21)(H,19,22). The van der Waals surface area contributed by atoms with Crippen molar-refractivity contribution in [2.75, 3.05) is 19.6 Å². The molecule has 5 nitrogen and oxygen atoms in total. The van der Waals surface area contributed by atoms with E-state index in [1.807, 2.05) is 29.2 Å². The molecule has 2 rings (SSSR count). The number of carbonyl (C=O) groups excluding carboxylic acids is 2. The molecule has 1 fully saturated rings. The topological polar surface area (TPSA) is 75.4 Å². The van der Waals surface area contributed by atoms with E-state index < -0.39 is 0 Å². The SMILES string of the molecule is NC(=O)CN1CCC(NC(=O)CCc2ccccc2Cl)CC1. The summed E-state index contributed by atoms with van der Waals surface area (Å²) < 4.78 is 0. The largest absolute Gasteiger partial charge is 0.369 e. The maximum atomic E-state index is 12.0. The summed E-state index contributed by atoms with van der Waals surface area (Å²) in [7, 11) is 0. The first-order valence-corrected chi connectivity index (χ1v) is 7.96. The van der Waals surface area contributed by atoms with Gasteiger partial charge < -0.3 is 11.1 Å². The lowest BCUT2D eigenvalue weighted by Gasteiger charge is -2.31. The number of benzene rings is 1. The molecule has 0 saturated carbocycles. The fourth-order valence-corrected chi connectivity index (χ4v) is 2.94. The summed E-state index contributed by atoms with van der Waals surface area (Å²) in [5, 5.41) is 3.76. The Bertz CT molecular complexity index is 528. The van der Waals surface area contributed by atoms with E-state index in [1.165, 1.54) is 0 Å². The van der Waals surface area contributed by atoms with Crippen LogP contribution in [0.15, 0.2) is 24.3 Å². The fraction of sp³-hybridized carbons (Fsp3) is 0.500. The molecule has 0 unspecified atom stereocenters. The molecule has 3 N–H and O–H groups in total. The molecule has 1 aliphatic heterocycles. The first-order chi connectivity index (χ1) is 10.5. The van der Waals surface area contributed by atoms with Gasteiger partial charge in [-0.05, 0) is 30.9 Å². The van der Waals surface area contributed by atoms with Gasteiger partial charge in [-0.25, -0.2) is 0 Å². The van der Waals surface area contributed by atoms with E-state index in [9.17, 15) is 9.59 Å². The smallest absolute Gasteiger partial charge is 0.231 e. The molecule has 1 saturated heterocycles. The highest BCUT2D eigenvalue weighted by Crippen LogP contribution is 2.16. The fourth-order valence-electron chi connectivity index (χ4n) is 2.70. The number of likely N-dealkylation sites (tertiary alicyclic amines) is 1. The van der Waals surface area contributed by atoms with Crippen molar-refractivity contribution in [3.63, 3.8) is 0 Å². The van der Waals surface area contributed by atoms with Crippen molar-refractivity contribution in [2.45, 2.75) is 31.7 Å². The van der Waals surface area contributed by atoms with Gasteiger partial charge in [-0.3, -0.25) is 14.5 Å². The maximum Gasteiger partial charge on any atom is 0.231 e. The molecule has 1 aromatic rings. The van der Waals surface area contributed by atoms with E-state index >= 15 is 0 Å². The van der Waals surface area contributed by atoms with Gasteiger partial charge in [-0.15, -0.1) is 0 Å². The van der Waals surface area contributed by atoms with Crippen LogP contribution in [0.5, 0.6) is 0 Å². The van der Waals surface area contributed by atoms with Gasteiger partial charge >= 0.3 is 0 Å². The Labute approximate surface area is 135 Å². The van der Waals surface area contributed by atoms with Gasteiger partial charge in [0.1, 0.15) is 0 Å². The minimum atomic E-state index is -0.303. The number of nitrogens with zero attached hydrogens (tertiary/aromatic N) is 1. The molecule has 0 spiro atoms. The van der Waals surface area contributed by atoms with Crippen LogP contribution in [0, 0.1) is 0 Å². The molecule has 1 heterocycles. The molecule has 2 amide bonds. The second kappa shape index (κ2) is 8.15. The van der Waals surface area contributed by atoms with Gasteiger partial charge in [0.05, 0.1) is 6.54 Å². The lowest BCUT2D eigenvalue weighted by Crippen LogP contribution is -2.46. The normalized spacial score (nSPS) is 16.4. The van der Waals surface area contributed by atoms with Crippen LogP contribution in [0.2, 0.25) is 5.02 Å². The third-order valence-electron chi connectivity index (χ3n) is 3.91. The molecule has 1 aromatic carbocycles. The summed E-state index contributed by atoms with van der Waals surface area (Å²) in [6, 6.07) is 7.77. The predicted molar refractivity (Wildman–Crippen MR) is 86.6 cm³/mol. The molecule has 0 aliphatic carbocycles. The maximum absolute atomic E-state index is 12.0. The highest BCUT2D eigenvalue weighted by atomic mass is 35.5. The van der Waals surface area contributed by atoms with Crippen molar-refractivity contribution in [1.82, 2.24) is 10.2 Å². The third-order valence-corrected chi connectivity index (χ3v) is 4.28. The molecule has 0 bridgehead atoms. The van der Waals surface area contributed by atoms with E-state index in [0.717, 1.165) is 31.5 Å². The molecule has 22 heavy (non-hydrogen) atoms. The Morgan fingerprint density at radius 1 is 1.27 bits per heavy atom. The van der Waals surface area contributed by atoms with Crippen LogP contribution in [0.4, 0.5) is 0 Å². The molecule has 1 aliphatic rings. The van der Waals surface area contributed by atoms with Crippen molar-refractivity contribution >= 4 is 23.4 Å².